The molecule has 0 bridgehead atoms. The third-order valence-electron chi connectivity index (χ3n) is 5.70. The summed E-state index contributed by atoms with van der Waals surface area (Å²) in [6.07, 6.45) is 7.85. The lowest BCUT2D eigenvalue weighted by molar-refractivity contribution is 0.145. The highest BCUT2D eigenvalue weighted by atomic mass is 16.5. The van der Waals surface area contributed by atoms with Crippen LogP contribution in [-0.4, -0.2) is 40.9 Å². The lowest BCUT2D eigenvalue weighted by Gasteiger charge is -2.30. The SMILES string of the molecule is Cn1c(=O)cnc2cc(C3=CCOCC3)cc(O[C@H]3CC[C@@H](NC(=N)N)CC3)c21. The highest BCUT2D eigenvalue weighted by Gasteiger charge is 2.24. The van der Waals surface area contributed by atoms with Gasteiger partial charge in [-0.05, 0) is 55.4 Å². The Morgan fingerprint density at radius 1 is 1.34 bits per heavy atom. The zero-order valence-electron chi connectivity index (χ0n) is 16.6. The molecule has 2 aromatic rings. The van der Waals surface area contributed by atoms with E-state index >= 15 is 0 Å². The lowest BCUT2D eigenvalue weighted by Crippen LogP contribution is -2.42. The van der Waals surface area contributed by atoms with E-state index in [-0.39, 0.29) is 23.7 Å². The molecular weight excluding hydrogens is 370 g/mol. The van der Waals surface area contributed by atoms with Crippen LogP contribution in [0.4, 0.5) is 0 Å². The number of guanidine groups is 1. The number of nitrogens with two attached hydrogens (primary N) is 1. The fourth-order valence-corrected chi connectivity index (χ4v) is 4.14. The maximum Gasteiger partial charge on any atom is 0.269 e. The third kappa shape index (κ3) is 4.27. The average Bonchev–Trinajstić information content (AvgIpc) is 2.72. The minimum absolute atomic E-state index is 0.0128. The van der Waals surface area contributed by atoms with Crippen LogP contribution in [0, 0.1) is 5.41 Å². The van der Waals surface area contributed by atoms with Crippen molar-refractivity contribution < 1.29 is 9.47 Å². The van der Waals surface area contributed by atoms with E-state index in [0.29, 0.717) is 19.0 Å². The van der Waals surface area contributed by atoms with Crippen LogP contribution < -0.4 is 21.3 Å². The second-order valence-electron chi connectivity index (χ2n) is 7.70. The van der Waals surface area contributed by atoms with Crippen LogP contribution in [0.5, 0.6) is 5.75 Å². The minimum atomic E-state index is -0.158. The number of fused-ring (bicyclic) bond motifs is 1. The Kier molecular flexibility index (Phi) is 5.53. The predicted octanol–water partition coefficient (Wildman–Crippen LogP) is 1.91. The van der Waals surface area contributed by atoms with Crippen molar-refractivity contribution in [1.82, 2.24) is 14.9 Å². The molecule has 0 spiro atoms. The average molecular weight is 397 g/mol. The second-order valence-corrected chi connectivity index (χ2v) is 7.70. The predicted molar refractivity (Wildman–Crippen MR) is 112 cm³/mol. The molecule has 8 heteroatoms. The summed E-state index contributed by atoms with van der Waals surface area (Å²) in [4.78, 5) is 16.6. The van der Waals surface area contributed by atoms with E-state index < -0.39 is 0 Å². The molecule has 8 nitrogen and oxygen atoms in total. The van der Waals surface area contributed by atoms with E-state index in [4.69, 9.17) is 20.6 Å². The summed E-state index contributed by atoms with van der Waals surface area (Å²) in [5.74, 6) is 0.708. The van der Waals surface area contributed by atoms with Crippen LogP contribution in [0.3, 0.4) is 0 Å². The zero-order valence-corrected chi connectivity index (χ0v) is 16.6. The van der Waals surface area contributed by atoms with Gasteiger partial charge in [-0.1, -0.05) is 6.08 Å². The topological polar surface area (TPSA) is 115 Å². The first-order chi connectivity index (χ1) is 14.0. The van der Waals surface area contributed by atoms with Crippen molar-refractivity contribution in [3.05, 3.63) is 40.3 Å². The summed E-state index contributed by atoms with van der Waals surface area (Å²) in [5.41, 5.74) is 9.04. The Hall–Kier alpha value is -2.87. The molecule has 0 atom stereocenters. The van der Waals surface area contributed by atoms with Gasteiger partial charge < -0.3 is 25.1 Å². The normalized spacial score (nSPS) is 22.2. The van der Waals surface area contributed by atoms with Gasteiger partial charge in [0.15, 0.2) is 5.96 Å². The van der Waals surface area contributed by atoms with Gasteiger partial charge in [0.2, 0.25) is 0 Å². The molecule has 1 aliphatic heterocycles. The highest BCUT2D eigenvalue weighted by Crippen LogP contribution is 2.33. The molecule has 1 aromatic carbocycles. The zero-order chi connectivity index (χ0) is 20.4. The van der Waals surface area contributed by atoms with Crippen LogP contribution in [0.25, 0.3) is 16.6 Å². The van der Waals surface area contributed by atoms with Crippen molar-refractivity contribution in [3.63, 3.8) is 0 Å². The number of aryl methyl sites for hydroxylation is 1. The van der Waals surface area contributed by atoms with Crippen molar-refractivity contribution in [3.8, 4) is 5.75 Å². The van der Waals surface area contributed by atoms with Crippen molar-refractivity contribution >= 4 is 22.6 Å². The van der Waals surface area contributed by atoms with E-state index in [2.05, 4.69) is 16.4 Å². The van der Waals surface area contributed by atoms with Crippen molar-refractivity contribution in [2.75, 3.05) is 13.2 Å². The fraction of sp³-hybridized carbons (Fsp3) is 0.476. The van der Waals surface area contributed by atoms with Gasteiger partial charge in [-0.2, -0.15) is 0 Å². The minimum Gasteiger partial charge on any atom is -0.488 e. The number of benzene rings is 1. The first kappa shape index (κ1) is 19.4. The van der Waals surface area contributed by atoms with Crippen LogP contribution in [0.2, 0.25) is 0 Å². The van der Waals surface area contributed by atoms with E-state index in [1.54, 1.807) is 11.6 Å². The van der Waals surface area contributed by atoms with Gasteiger partial charge in [0.25, 0.3) is 5.56 Å². The summed E-state index contributed by atoms with van der Waals surface area (Å²) < 4.78 is 13.5. The molecule has 1 fully saturated rings. The molecule has 1 saturated carbocycles. The van der Waals surface area contributed by atoms with E-state index in [9.17, 15) is 4.79 Å². The Morgan fingerprint density at radius 2 is 2.14 bits per heavy atom. The first-order valence-electron chi connectivity index (χ1n) is 10.1. The molecule has 1 aromatic heterocycles. The molecule has 2 aliphatic rings. The van der Waals surface area contributed by atoms with Crippen molar-refractivity contribution in [2.45, 2.75) is 44.2 Å². The van der Waals surface area contributed by atoms with Crippen molar-refractivity contribution in [2.24, 2.45) is 12.8 Å². The number of hydrogen-bond acceptors (Lipinski definition) is 5. The lowest BCUT2D eigenvalue weighted by atomic mass is 9.93. The Balaban J connectivity index is 1.65. The number of ether oxygens (including phenoxy) is 2. The Morgan fingerprint density at radius 3 is 2.83 bits per heavy atom. The van der Waals surface area contributed by atoms with E-state index in [1.165, 1.54) is 11.8 Å². The molecule has 29 heavy (non-hydrogen) atoms. The molecular formula is C21H27N5O3. The third-order valence-corrected chi connectivity index (χ3v) is 5.70. The highest BCUT2D eigenvalue weighted by molar-refractivity contribution is 5.86. The van der Waals surface area contributed by atoms with Gasteiger partial charge >= 0.3 is 0 Å². The number of nitrogens with zero attached hydrogens (tertiary/aromatic N) is 2. The Bertz CT molecular complexity index is 1010. The van der Waals surface area contributed by atoms with Gasteiger partial charge in [-0.15, -0.1) is 0 Å². The van der Waals surface area contributed by atoms with Crippen LogP contribution >= 0.6 is 0 Å². The molecule has 4 N–H and O–H groups in total. The van der Waals surface area contributed by atoms with Gasteiger partial charge in [0.05, 0.1) is 31.0 Å². The van der Waals surface area contributed by atoms with Crippen LogP contribution in [0.1, 0.15) is 37.7 Å². The largest absolute Gasteiger partial charge is 0.488 e. The maximum atomic E-state index is 12.2. The maximum absolute atomic E-state index is 12.2. The summed E-state index contributed by atoms with van der Waals surface area (Å²) in [6, 6.07) is 4.27. The Labute approximate surface area is 169 Å². The second kappa shape index (κ2) is 8.24. The van der Waals surface area contributed by atoms with Gasteiger partial charge in [0.1, 0.15) is 11.3 Å². The molecule has 1 aliphatic carbocycles. The smallest absolute Gasteiger partial charge is 0.269 e. The summed E-state index contributed by atoms with van der Waals surface area (Å²) >= 11 is 0. The number of aromatic nitrogens is 2. The summed E-state index contributed by atoms with van der Waals surface area (Å²) in [5, 5.41) is 10.4. The van der Waals surface area contributed by atoms with Crippen LogP contribution in [0.15, 0.2) is 29.2 Å². The monoisotopic (exact) mass is 397 g/mol. The molecule has 4 rings (SSSR count). The summed E-state index contributed by atoms with van der Waals surface area (Å²) in [7, 11) is 1.75. The van der Waals surface area contributed by atoms with Gasteiger partial charge in [0, 0.05) is 13.1 Å². The van der Waals surface area contributed by atoms with Crippen LogP contribution in [-0.2, 0) is 11.8 Å². The quantitative estimate of drug-likeness (QED) is 0.536. The van der Waals surface area contributed by atoms with E-state index in [1.807, 2.05) is 12.1 Å². The van der Waals surface area contributed by atoms with Gasteiger partial charge in [-0.3, -0.25) is 10.2 Å². The molecule has 0 unspecified atom stereocenters. The molecule has 0 radical (unpaired) electrons. The van der Waals surface area contributed by atoms with Gasteiger partial charge in [-0.25, -0.2) is 4.98 Å². The first-order valence-corrected chi connectivity index (χ1v) is 10.1. The number of nitrogens with one attached hydrogen (secondary N) is 2. The molecule has 2 heterocycles. The van der Waals surface area contributed by atoms with Crippen molar-refractivity contribution in [1.29, 1.82) is 5.41 Å². The number of rotatable bonds is 4. The van der Waals surface area contributed by atoms with E-state index in [0.717, 1.165) is 48.7 Å². The molecule has 0 amide bonds. The number of hydrogen-bond donors (Lipinski definition) is 3. The fourth-order valence-electron chi connectivity index (χ4n) is 4.14. The molecule has 0 saturated heterocycles. The standard InChI is InChI=1S/C21H27N5O3/c1-26-19(27)12-24-17-10-14(13-6-8-28-9-7-13)11-18(20(17)26)29-16-4-2-15(3-5-16)25-21(22)23/h6,10-12,15-16H,2-5,7-9H2,1H3,(H4,22,23,25)/t15-,16+. The summed E-state index contributed by atoms with van der Waals surface area (Å²) in [6.45, 7) is 1.31. The molecule has 154 valence electrons.